The summed E-state index contributed by atoms with van der Waals surface area (Å²) in [7, 11) is 0. The largest absolute Gasteiger partial charge is 0.487 e. The first kappa shape index (κ1) is 21.0. The fourth-order valence-electron chi connectivity index (χ4n) is 3.95. The molecule has 2 aromatic rings. The van der Waals surface area contributed by atoms with Gasteiger partial charge in [0.05, 0.1) is 5.56 Å². The second kappa shape index (κ2) is 7.47. The van der Waals surface area contributed by atoms with E-state index in [1.54, 1.807) is 12.1 Å². The van der Waals surface area contributed by atoms with Crippen LogP contribution in [0.3, 0.4) is 0 Å². The molecule has 6 nitrogen and oxygen atoms in total. The molecule has 0 radical (unpaired) electrons. The van der Waals surface area contributed by atoms with Crippen LogP contribution in [0.2, 0.25) is 0 Å². The van der Waals surface area contributed by atoms with Crippen LogP contribution in [-0.2, 0) is 17.4 Å². The van der Waals surface area contributed by atoms with Gasteiger partial charge in [-0.1, -0.05) is 12.1 Å². The van der Waals surface area contributed by atoms with E-state index in [1.165, 1.54) is 17.0 Å². The quantitative estimate of drug-likeness (QED) is 0.749. The summed E-state index contributed by atoms with van der Waals surface area (Å²) in [6.45, 7) is 4.44. The lowest BCUT2D eigenvalue weighted by Crippen LogP contribution is -2.53. The number of nitrogens with zero attached hydrogens (tertiary/aromatic N) is 1. The van der Waals surface area contributed by atoms with E-state index in [0.717, 1.165) is 23.4 Å². The SMILES string of the molecule is CC1(C)Cc2cc(NC(=O)N3CCNC(=O)C3c3ccc(C(F)(F)F)cc3)ccc2O1. The number of urea groups is 1. The molecule has 1 atom stereocenters. The van der Waals surface area contributed by atoms with Crippen LogP contribution in [0.4, 0.5) is 23.7 Å². The van der Waals surface area contributed by atoms with Crippen molar-refractivity contribution in [3.8, 4) is 5.75 Å². The van der Waals surface area contributed by atoms with Crippen molar-refractivity contribution in [1.82, 2.24) is 10.2 Å². The zero-order valence-corrected chi connectivity index (χ0v) is 17.0. The number of nitrogens with one attached hydrogen (secondary N) is 2. The second-order valence-corrected chi connectivity index (χ2v) is 8.30. The van der Waals surface area contributed by atoms with Gasteiger partial charge in [-0.3, -0.25) is 4.79 Å². The van der Waals surface area contributed by atoms with E-state index in [9.17, 15) is 22.8 Å². The molecule has 2 heterocycles. The van der Waals surface area contributed by atoms with E-state index in [0.29, 0.717) is 17.7 Å². The summed E-state index contributed by atoms with van der Waals surface area (Å²) in [5, 5.41) is 5.46. The van der Waals surface area contributed by atoms with E-state index < -0.39 is 29.7 Å². The maximum Gasteiger partial charge on any atom is 0.416 e. The van der Waals surface area contributed by atoms with Gasteiger partial charge in [-0.05, 0) is 49.7 Å². The lowest BCUT2D eigenvalue weighted by atomic mass is 10.0. The average molecular weight is 433 g/mol. The standard InChI is InChI=1S/C22H22F3N3O3/c1-21(2)12-14-11-16(7-8-17(14)31-21)27-20(30)28-10-9-26-19(29)18(28)13-3-5-15(6-4-13)22(23,24)25/h3-8,11,18H,9-10,12H2,1-2H3,(H,26,29)(H,27,30). The van der Waals surface area contributed by atoms with Crippen LogP contribution in [0.25, 0.3) is 0 Å². The minimum absolute atomic E-state index is 0.227. The molecule has 31 heavy (non-hydrogen) atoms. The molecule has 4 rings (SSSR count). The van der Waals surface area contributed by atoms with Crippen molar-refractivity contribution in [2.45, 2.75) is 38.1 Å². The molecule has 1 unspecified atom stereocenters. The van der Waals surface area contributed by atoms with Crippen molar-refractivity contribution in [2.24, 2.45) is 0 Å². The van der Waals surface area contributed by atoms with Crippen LogP contribution in [0.1, 0.15) is 36.6 Å². The fourth-order valence-corrected chi connectivity index (χ4v) is 3.95. The molecule has 0 aromatic heterocycles. The van der Waals surface area contributed by atoms with Gasteiger partial charge in [0.15, 0.2) is 0 Å². The number of carbonyl (C=O) groups excluding carboxylic acids is 2. The maximum atomic E-state index is 13.0. The van der Waals surface area contributed by atoms with Crippen molar-refractivity contribution in [1.29, 1.82) is 0 Å². The summed E-state index contributed by atoms with van der Waals surface area (Å²) < 4.78 is 44.4. The van der Waals surface area contributed by atoms with Gasteiger partial charge in [-0.25, -0.2) is 4.79 Å². The number of hydrogen-bond donors (Lipinski definition) is 2. The molecule has 0 spiro atoms. The van der Waals surface area contributed by atoms with Gasteiger partial charge in [-0.2, -0.15) is 13.2 Å². The number of alkyl halides is 3. The maximum absolute atomic E-state index is 13.0. The van der Waals surface area contributed by atoms with Gasteiger partial charge >= 0.3 is 12.2 Å². The molecule has 0 bridgehead atoms. The van der Waals surface area contributed by atoms with Crippen molar-refractivity contribution in [3.63, 3.8) is 0 Å². The van der Waals surface area contributed by atoms with Crippen molar-refractivity contribution in [3.05, 3.63) is 59.2 Å². The van der Waals surface area contributed by atoms with Crippen LogP contribution in [0, 0.1) is 0 Å². The Bertz CT molecular complexity index is 1020. The number of anilines is 1. The Hall–Kier alpha value is -3.23. The molecule has 1 fully saturated rings. The molecule has 0 aliphatic carbocycles. The molecule has 3 amide bonds. The topological polar surface area (TPSA) is 70.7 Å². The molecule has 9 heteroatoms. The highest BCUT2D eigenvalue weighted by atomic mass is 19.4. The van der Waals surface area contributed by atoms with Crippen LogP contribution < -0.4 is 15.4 Å². The van der Waals surface area contributed by atoms with E-state index in [4.69, 9.17) is 4.74 Å². The predicted octanol–water partition coefficient (Wildman–Crippen LogP) is 4.12. The minimum atomic E-state index is -4.48. The first-order valence-electron chi connectivity index (χ1n) is 9.88. The Morgan fingerprint density at radius 2 is 1.90 bits per heavy atom. The smallest absolute Gasteiger partial charge is 0.416 e. The number of carbonyl (C=O) groups is 2. The zero-order valence-electron chi connectivity index (χ0n) is 17.0. The second-order valence-electron chi connectivity index (χ2n) is 8.30. The Morgan fingerprint density at radius 1 is 1.19 bits per heavy atom. The predicted molar refractivity (Wildman–Crippen MR) is 108 cm³/mol. The molecule has 164 valence electrons. The van der Waals surface area contributed by atoms with E-state index in [1.807, 2.05) is 19.9 Å². The highest BCUT2D eigenvalue weighted by Crippen LogP contribution is 2.36. The molecule has 2 aliphatic heterocycles. The number of piperazine rings is 1. The minimum Gasteiger partial charge on any atom is -0.487 e. The molecule has 2 N–H and O–H groups in total. The van der Waals surface area contributed by atoms with Crippen molar-refractivity contribution >= 4 is 17.6 Å². The van der Waals surface area contributed by atoms with Gasteiger partial charge in [0.25, 0.3) is 0 Å². The Morgan fingerprint density at radius 3 is 2.58 bits per heavy atom. The molecule has 1 saturated heterocycles. The monoisotopic (exact) mass is 433 g/mol. The number of hydrogen-bond acceptors (Lipinski definition) is 3. The summed E-state index contributed by atoms with van der Waals surface area (Å²) >= 11 is 0. The van der Waals surface area contributed by atoms with Gasteiger partial charge in [0, 0.05) is 30.8 Å². The fraction of sp³-hybridized carbons (Fsp3) is 0.364. The number of halogens is 3. The first-order chi connectivity index (χ1) is 14.5. The Balaban J connectivity index is 1.54. The summed E-state index contributed by atoms with van der Waals surface area (Å²) in [5.41, 5.74) is 0.709. The lowest BCUT2D eigenvalue weighted by Gasteiger charge is -2.35. The third-order valence-corrected chi connectivity index (χ3v) is 5.34. The molecular weight excluding hydrogens is 411 g/mol. The Kier molecular flexibility index (Phi) is 5.07. The van der Waals surface area contributed by atoms with Gasteiger partial charge in [0.1, 0.15) is 17.4 Å². The summed E-state index contributed by atoms with van der Waals surface area (Å²) in [6, 6.07) is 8.10. The number of amides is 3. The number of rotatable bonds is 2. The van der Waals surface area contributed by atoms with Gasteiger partial charge in [0.2, 0.25) is 5.91 Å². The van der Waals surface area contributed by atoms with E-state index in [-0.39, 0.29) is 18.7 Å². The van der Waals surface area contributed by atoms with Crippen LogP contribution in [0.5, 0.6) is 5.75 Å². The van der Waals surface area contributed by atoms with Crippen LogP contribution >= 0.6 is 0 Å². The van der Waals surface area contributed by atoms with E-state index >= 15 is 0 Å². The van der Waals surface area contributed by atoms with Gasteiger partial charge in [-0.15, -0.1) is 0 Å². The third kappa shape index (κ3) is 4.30. The lowest BCUT2D eigenvalue weighted by molar-refractivity contribution is -0.137. The third-order valence-electron chi connectivity index (χ3n) is 5.34. The highest BCUT2D eigenvalue weighted by molar-refractivity contribution is 5.95. The van der Waals surface area contributed by atoms with Gasteiger partial charge < -0.3 is 20.3 Å². The molecule has 0 saturated carbocycles. The molecule has 2 aromatic carbocycles. The normalized spacial score (nSPS) is 20.0. The molecule has 2 aliphatic rings. The van der Waals surface area contributed by atoms with Crippen LogP contribution in [-0.4, -0.2) is 35.5 Å². The number of benzene rings is 2. The van der Waals surface area contributed by atoms with E-state index in [2.05, 4.69) is 10.6 Å². The molecular formula is C22H22F3N3O3. The first-order valence-corrected chi connectivity index (χ1v) is 9.88. The zero-order chi connectivity index (χ0) is 22.4. The summed E-state index contributed by atoms with van der Waals surface area (Å²) in [5.74, 6) is 0.327. The van der Waals surface area contributed by atoms with Crippen LogP contribution in [0.15, 0.2) is 42.5 Å². The Labute approximate surface area is 177 Å². The highest BCUT2D eigenvalue weighted by Gasteiger charge is 2.36. The number of ether oxygens (including phenoxy) is 1. The van der Waals surface area contributed by atoms with Crippen molar-refractivity contribution < 1.29 is 27.5 Å². The average Bonchev–Trinajstić information content (AvgIpc) is 3.00. The number of fused-ring (bicyclic) bond motifs is 1. The summed E-state index contributed by atoms with van der Waals surface area (Å²) in [4.78, 5) is 26.8. The summed E-state index contributed by atoms with van der Waals surface area (Å²) in [6.07, 6.45) is -3.78. The van der Waals surface area contributed by atoms with Crippen molar-refractivity contribution in [2.75, 3.05) is 18.4 Å².